The lowest BCUT2D eigenvalue weighted by molar-refractivity contribution is -0.137. The Hall–Kier alpha value is -1.32. The number of alkyl halides is 3. The third-order valence-corrected chi connectivity index (χ3v) is 5.55. The highest BCUT2D eigenvalue weighted by Gasteiger charge is 2.32. The molecule has 0 saturated carbocycles. The molecule has 0 radical (unpaired) electrons. The summed E-state index contributed by atoms with van der Waals surface area (Å²) in [5.74, 6) is -0.499. The maximum atomic E-state index is 12.6. The molecule has 1 heterocycles. The molecule has 24 heavy (non-hydrogen) atoms. The van der Waals surface area contributed by atoms with Gasteiger partial charge in [0, 0.05) is 12.5 Å². The SMILES string of the molecule is O=S(=O)(CCO)C[C@@H](Oc1ccc(C(F)(F)F)cc1)[C@H]1CCNC1. The van der Waals surface area contributed by atoms with Crippen LogP contribution in [0.3, 0.4) is 0 Å². The molecule has 1 fully saturated rings. The molecular weight excluding hydrogens is 347 g/mol. The minimum atomic E-state index is -4.43. The van der Waals surface area contributed by atoms with Crippen molar-refractivity contribution in [3.05, 3.63) is 29.8 Å². The molecule has 136 valence electrons. The largest absolute Gasteiger partial charge is 0.489 e. The Bertz CT molecular complexity index is 625. The number of halogens is 3. The van der Waals surface area contributed by atoms with E-state index in [4.69, 9.17) is 9.84 Å². The van der Waals surface area contributed by atoms with Crippen LogP contribution >= 0.6 is 0 Å². The summed E-state index contributed by atoms with van der Waals surface area (Å²) in [6, 6.07) is 4.19. The van der Waals surface area contributed by atoms with Crippen LogP contribution in [0.2, 0.25) is 0 Å². The molecule has 1 aromatic rings. The number of sulfone groups is 1. The van der Waals surface area contributed by atoms with Gasteiger partial charge in [-0.15, -0.1) is 0 Å². The highest BCUT2D eigenvalue weighted by Crippen LogP contribution is 2.31. The van der Waals surface area contributed by atoms with E-state index >= 15 is 0 Å². The average molecular weight is 367 g/mol. The Morgan fingerprint density at radius 2 is 1.96 bits per heavy atom. The third-order valence-electron chi connectivity index (χ3n) is 3.91. The van der Waals surface area contributed by atoms with Gasteiger partial charge in [-0.3, -0.25) is 0 Å². The topological polar surface area (TPSA) is 75.6 Å². The third kappa shape index (κ3) is 5.35. The first-order valence-corrected chi connectivity index (χ1v) is 9.39. The lowest BCUT2D eigenvalue weighted by atomic mass is 10.0. The number of rotatable bonds is 7. The number of nitrogens with one attached hydrogen (secondary N) is 1. The molecule has 2 N–H and O–H groups in total. The van der Waals surface area contributed by atoms with Crippen molar-refractivity contribution in [2.45, 2.75) is 18.7 Å². The monoisotopic (exact) mass is 367 g/mol. The van der Waals surface area contributed by atoms with Crippen molar-refractivity contribution in [2.75, 3.05) is 31.2 Å². The molecule has 2 atom stereocenters. The van der Waals surface area contributed by atoms with Crippen molar-refractivity contribution in [2.24, 2.45) is 5.92 Å². The summed E-state index contributed by atoms with van der Waals surface area (Å²) in [6.07, 6.45) is -4.38. The van der Waals surface area contributed by atoms with Gasteiger partial charge >= 0.3 is 6.18 Å². The van der Waals surface area contributed by atoms with Gasteiger partial charge in [0.1, 0.15) is 11.9 Å². The first kappa shape index (κ1) is 19.0. The molecule has 0 amide bonds. The molecule has 1 aromatic carbocycles. The number of hydrogen-bond donors (Lipinski definition) is 2. The zero-order valence-electron chi connectivity index (χ0n) is 12.9. The molecule has 9 heteroatoms. The van der Waals surface area contributed by atoms with Crippen LogP contribution in [-0.4, -0.2) is 50.8 Å². The van der Waals surface area contributed by atoms with Gasteiger partial charge in [0.25, 0.3) is 0 Å². The maximum Gasteiger partial charge on any atom is 0.416 e. The summed E-state index contributed by atoms with van der Waals surface area (Å²) in [5.41, 5.74) is -0.790. The van der Waals surface area contributed by atoms with E-state index in [1.54, 1.807) is 0 Å². The number of aliphatic hydroxyl groups is 1. The molecular formula is C15H20F3NO4S. The van der Waals surface area contributed by atoms with E-state index in [-0.39, 0.29) is 23.2 Å². The number of benzene rings is 1. The molecule has 0 unspecified atom stereocenters. The van der Waals surface area contributed by atoms with Gasteiger partial charge in [0.15, 0.2) is 9.84 Å². The van der Waals surface area contributed by atoms with Crippen molar-refractivity contribution in [3.63, 3.8) is 0 Å². The Kier molecular flexibility index (Phi) is 6.11. The van der Waals surface area contributed by atoms with E-state index in [0.717, 1.165) is 25.1 Å². The maximum absolute atomic E-state index is 12.6. The number of hydrogen-bond acceptors (Lipinski definition) is 5. The van der Waals surface area contributed by atoms with Crippen LogP contribution in [0.5, 0.6) is 5.75 Å². The highest BCUT2D eigenvalue weighted by atomic mass is 32.2. The average Bonchev–Trinajstić information content (AvgIpc) is 3.00. The van der Waals surface area contributed by atoms with Crippen molar-refractivity contribution < 1.29 is 31.4 Å². The lowest BCUT2D eigenvalue weighted by Gasteiger charge is -2.24. The Morgan fingerprint density at radius 3 is 2.46 bits per heavy atom. The van der Waals surface area contributed by atoms with Gasteiger partial charge in [-0.25, -0.2) is 8.42 Å². The Balaban J connectivity index is 2.13. The van der Waals surface area contributed by atoms with Crippen LogP contribution in [0.4, 0.5) is 13.2 Å². The lowest BCUT2D eigenvalue weighted by Crippen LogP contribution is -2.36. The number of aliphatic hydroxyl groups excluding tert-OH is 1. The summed E-state index contributed by atoms with van der Waals surface area (Å²) >= 11 is 0. The smallest absolute Gasteiger partial charge is 0.416 e. The van der Waals surface area contributed by atoms with Crippen LogP contribution < -0.4 is 10.1 Å². The first-order chi connectivity index (χ1) is 11.2. The first-order valence-electron chi connectivity index (χ1n) is 7.57. The summed E-state index contributed by atoms with van der Waals surface area (Å²) in [7, 11) is -3.50. The number of ether oxygens (including phenoxy) is 1. The van der Waals surface area contributed by atoms with Gasteiger partial charge in [0.2, 0.25) is 0 Å². The van der Waals surface area contributed by atoms with Crippen LogP contribution in [0.1, 0.15) is 12.0 Å². The minimum absolute atomic E-state index is 0.0549. The molecule has 5 nitrogen and oxygen atoms in total. The fourth-order valence-corrected chi connectivity index (χ4v) is 3.92. The van der Waals surface area contributed by atoms with Gasteiger partial charge in [-0.1, -0.05) is 0 Å². The second-order valence-electron chi connectivity index (χ2n) is 5.77. The predicted molar refractivity (Wildman–Crippen MR) is 82.6 cm³/mol. The Labute approximate surface area is 138 Å². The summed E-state index contributed by atoms with van der Waals surface area (Å²) < 4.78 is 67.4. The molecule has 1 aliphatic rings. The quantitative estimate of drug-likeness (QED) is 0.763. The summed E-state index contributed by atoms with van der Waals surface area (Å²) in [4.78, 5) is 0. The van der Waals surface area contributed by atoms with Crippen molar-refractivity contribution in [3.8, 4) is 5.75 Å². The fourth-order valence-electron chi connectivity index (χ4n) is 2.63. The van der Waals surface area contributed by atoms with Crippen LogP contribution in [0.25, 0.3) is 0 Å². The van der Waals surface area contributed by atoms with Gasteiger partial charge in [-0.05, 0) is 37.2 Å². The summed E-state index contributed by atoms with van der Waals surface area (Å²) in [6.45, 7) is 0.843. The van der Waals surface area contributed by atoms with Gasteiger partial charge < -0.3 is 15.2 Å². The van der Waals surface area contributed by atoms with E-state index in [9.17, 15) is 21.6 Å². The standard InChI is InChI=1S/C15H20F3NO4S/c16-15(17,18)12-1-3-13(4-2-12)23-14(11-5-6-19-9-11)10-24(21,22)8-7-20/h1-4,11,14,19-20H,5-10H2/t11-,14+/m0/s1. The van der Waals surface area contributed by atoms with E-state index < -0.39 is 34.3 Å². The zero-order chi connectivity index (χ0) is 17.8. The van der Waals surface area contributed by atoms with Crippen LogP contribution in [0, 0.1) is 5.92 Å². The molecule has 0 aliphatic carbocycles. The predicted octanol–water partition coefficient (Wildman–Crippen LogP) is 1.47. The van der Waals surface area contributed by atoms with Crippen molar-refractivity contribution >= 4 is 9.84 Å². The van der Waals surface area contributed by atoms with Crippen molar-refractivity contribution in [1.82, 2.24) is 5.32 Å². The molecule has 1 saturated heterocycles. The van der Waals surface area contributed by atoms with Gasteiger partial charge in [-0.2, -0.15) is 13.2 Å². The van der Waals surface area contributed by atoms with Crippen molar-refractivity contribution in [1.29, 1.82) is 0 Å². The van der Waals surface area contributed by atoms with E-state index in [1.165, 1.54) is 12.1 Å². The molecule has 0 aromatic heterocycles. The fraction of sp³-hybridized carbons (Fsp3) is 0.600. The molecule has 0 spiro atoms. The van der Waals surface area contributed by atoms with Crippen LogP contribution in [-0.2, 0) is 16.0 Å². The minimum Gasteiger partial charge on any atom is -0.489 e. The van der Waals surface area contributed by atoms with Crippen LogP contribution in [0.15, 0.2) is 24.3 Å². The highest BCUT2D eigenvalue weighted by molar-refractivity contribution is 7.91. The molecule has 2 rings (SSSR count). The van der Waals surface area contributed by atoms with E-state index in [1.807, 2.05) is 0 Å². The zero-order valence-corrected chi connectivity index (χ0v) is 13.7. The second-order valence-corrected chi connectivity index (χ2v) is 8.00. The summed E-state index contributed by atoms with van der Waals surface area (Å²) in [5, 5.41) is 12.0. The Morgan fingerprint density at radius 1 is 1.29 bits per heavy atom. The second kappa shape index (κ2) is 7.71. The molecule has 0 bridgehead atoms. The molecule has 1 aliphatic heterocycles. The van der Waals surface area contributed by atoms with E-state index in [0.29, 0.717) is 6.54 Å². The van der Waals surface area contributed by atoms with Gasteiger partial charge in [0.05, 0.1) is 23.7 Å². The normalized spacial score (nSPS) is 20.1. The van der Waals surface area contributed by atoms with E-state index in [2.05, 4.69) is 5.32 Å².